The number of amides is 1. The van der Waals surface area contributed by atoms with E-state index in [2.05, 4.69) is 4.98 Å². The van der Waals surface area contributed by atoms with Crippen LogP contribution in [0.25, 0.3) is 6.08 Å². The van der Waals surface area contributed by atoms with E-state index in [1.165, 1.54) is 11.0 Å². The molecule has 0 spiro atoms. The zero-order valence-corrected chi connectivity index (χ0v) is 22.2. The molecule has 0 N–H and O–H groups in total. The Hall–Kier alpha value is -2.95. The van der Waals surface area contributed by atoms with Crippen LogP contribution in [0.5, 0.6) is 0 Å². The first-order valence-electron chi connectivity index (χ1n) is 11.7. The maximum Gasteiger partial charge on any atom is 0.266 e. The Morgan fingerprint density at radius 1 is 1.06 bits per heavy atom. The molecule has 1 amide bonds. The predicted molar refractivity (Wildman–Crippen MR) is 144 cm³/mol. The fraction of sp³-hybridized carbons (Fsp3) is 0.269. The van der Waals surface area contributed by atoms with E-state index in [4.69, 9.17) is 16.6 Å². The zero-order valence-electron chi connectivity index (χ0n) is 19.7. The highest BCUT2D eigenvalue weighted by molar-refractivity contribution is 8.26. The summed E-state index contributed by atoms with van der Waals surface area (Å²) in [7, 11) is -3.93. The summed E-state index contributed by atoms with van der Waals surface area (Å²) in [5, 5.41) is -0.126. The van der Waals surface area contributed by atoms with E-state index in [0.717, 1.165) is 42.2 Å². The maximum absolute atomic E-state index is 13.6. The fourth-order valence-corrected chi connectivity index (χ4v) is 6.74. The molecular weight excluding hydrogens is 515 g/mol. The summed E-state index contributed by atoms with van der Waals surface area (Å²) in [4.78, 5) is 21.5. The van der Waals surface area contributed by atoms with E-state index >= 15 is 0 Å². The van der Waals surface area contributed by atoms with Crippen LogP contribution in [-0.4, -0.2) is 41.6 Å². The van der Waals surface area contributed by atoms with Gasteiger partial charge < -0.3 is 9.32 Å². The number of anilines is 1. The van der Waals surface area contributed by atoms with Crippen molar-refractivity contribution in [3.05, 3.63) is 76.5 Å². The van der Waals surface area contributed by atoms with E-state index in [0.29, 0.717) is 28.9 Å². The smallest absolute Gasteiger partial charge is 0.266 e. The molecule has 0 bridgehead atoms. The van der Waals surface area contributed by atoms with Crippen LogP contribution >= 0.6 is 24.0 Å². The van der Waals surface area contributed by atoms with Crippen molar-refractivity contribution < 1.29 is 17.6 Å². The van der Waals surface area contributed by atoms with E-state index in [9.17, 15) is 13.2 Å². The standard InChI is InChI=1S/C26H25N3O4S3/c1-18-10-12-20(13-11-18)36(31,32)23-25(28-14-6-3-7-15-28)33-22(27-23)16-21-24(30)29(26(34)35-21)17-19-8-4-2-5-9-19/h2,4-5,8-13,16H,3,6-7,14-15,17H2,1H3. The average Bonchev–Trinajstić information content (AvgIpc) is 3.43. The summed E-state index contributed by atoms with van der Waals surface area (Å²) >= 11 is 6.61. The molecule has 0 unspecified atom stereocenters. The van der Waals surface area contributed by atoms with Gasteiger partial charge in [-0.25, -0.2) is 8.42 Å². The quantitative estimate of drug-likeness (QED) is 0.312. The lowest BCUT2D eigenvalue weighted by Crippen LogP contribution is -2.30. The number of rotatable bonds is 6. The van der Waals surface area contributed by atoms with Gasteiger partial charge in [-0.3, -0.25) is 9.69 Å². The van der Waals surface area contributed by atoms with Gasteiger partial charge in [0.15, 0.2) is 0 Å². The van der Waals surface area contributed by atoms with Crippen LogP contribution in [0.15, 0.2) is 73.8 Å². The van der Waals surface area contributed by atoms with E-state index in [1.54, 1.807) is 24.3 Å². The van der Waals surface area contributed by atoms with Gasteiger partial charge in [0.25, 0.3) is 5.91 Å². The normalized spacial score (nSPS) is 17.9. The molecule has 0 radical (unpaired) electrons. The van der Waals surface area contributed by atoms with Gasteiger partial charge in [-0.1, -0.05) is 72.0 Å². The molecule has 3 aromatic rings. The Labute approximate surface area is 220 Å². The number of hydrogen-bond donors (Lipinski definition) is 0. The molecule has 0 aliphatic carbocycles. The van der Waals surface area contributed by atoms with Crippen molar-refractivity contribution in [3.63, 3.8) is 0 Å². The summed E-state index contributed by atoms with van der Waals surface area (Å²) in [6, 6.07) is 16.3. The predicted octanol–water partition coefficient (Wildman–Crippen LogP) is 5.21. The molecular formula is C26H25N3O4S3. The molecule has 2 aliphatic rings. The molecule has 186 valence electrons. The Morgan fingerprint density at radius 2 is 1.75 bits per heavy atom. The maximum atomic E-state index is 13.6. The molecule has 7 nitrogen and oxygen atoms in total. The minimum absolute atomic E-state index is 0.0708. The molecule has 3 heterocycles. The highest BCUT2D eigenvalue weighted by atomic mass is 32.2. The van der Waals surface area contributed by atoms with Crippen molar-refractivity contribution in [3.8, 4) is 0 Å². The minimum Gasteiger partial charge on any atom is -0.420 e. The fourth-order valence-electron chi connectivity index (χ4n) is 4.19. The second-order valence-corrected chi connectivity index (χ2v) is 12.3. The lowest BCUT2D eigenvalue weighted by atomic mass is 10.1. The lowest BCUT2D eigenvalue weighted by molar-refractivity contribution is -0.122. The Kier molecular flexibility index (Phi) is 7.00. The lowest BCUT2D eigenvalue weighted by Gasteiger charge is -2.26. The monoisotopic (exact) mass is 539 g/mol. The van der Waals surface area contributed by atoms with Crippen LogP contribution in [0, 0.1) is 6.92 Å². The van der Waals surface area contributed by atoms with Crippen molar-refractivity contribution in [2.24, 2.45) is 0 Å². The highest BCUT2D eigenvalue weighted by Gasteiger charge is 2.35. The summed E-state index contributed by atoms with van der Waals surface area (Å²) in [5.41, 5.74) is 1.92. The molecule has 0 saturated carbocycles. The number of thiocarbonyl (C=S) groups is 1. The molecule has 1 aromatic heterocycles. The number of sulfone groups is 1. The van der Waals surface area contributed by atoms with Gasteiger partial charge in [0.05, 0.1) is 16.3 Å². The van der Waals surface area contributed by atoms with Gasteiger partial charge in [0.2, 0.25) is 26.6 Å². The van der Waals surface area contributed by atoms with E-state index in [-0.39, 0.29) is 27.6 Å². The number of thioether (sulfide) groups is 1. The number of hydrogen-bond acceptors (Lipinski definition) is 8. The first kappa shape index (κ1) is 24.7. The van der Waals surface area contributed by atoms with Crippen molar-refractivity contribution >= 4 is 56.0 Å². The third kappa shape index (κ3) is 4.98. The van der Waals surface area contributed by atoms with Gasteiger partial charge in [-0.15, -0.1) is 0 Å². The van der Waals surface area contributed by atoms with Gasteiger partial charge >= 0.3 is 0 Å². The summed E-state index contributed by atoms with van der Waals surface area (Å²) in [6.07, 6.45) is 4.46. The number of carbonyl (C=O) groups excluding carboxylic acids is 1. The first-order chi connectivity index (χ1) is 17.3. The van der Waals surface area contributed by atoms with Crippen LogP contribution in [0.2, 0.25) is 0 Å². The first-order valence-corrected chi connectivity index (χ1v) is 14.4. The highest BCUT2D eigenvalue weighted by Crippen LogP contribution is 2.37. The number of carbonyl (C=O) groups is 1. The van der Waals surface area contributed by atoms with Crippen molar-refractivity contribution in [1.29, 1.82) is 0 Å². The van der Waals surface area contributed by atoms with Gasteiger partial charge in [-0.05, 0) is 43.9 Å². The van der Waals surface area contributed by atoms with Crippen molar-refractivity contribution in [1.82, 2.24) is 9.88 Å². The van der Waals surface area contributed by atoms with E-state index in [1.807, 2.05) is 42.2 Å². The third-order valence-electron chi connectivity index (χ3n) is 6.14. The van der Waals surface area contributed by atoms with Crippen LogP contribution < -0.4 is 4.90 Å². The van der Waals surface area contributed by atoms with Crippen molar-refractivity contribution in [2.45, 2.75) is 42.7 Å². The SMILES string of the molecule is Cc1ccc(S(=O)(=O)c2nc(C=C3SC(=S)N(Cc4ccccc4)C3=O)oc2N2CCCCC2)cc1. The molecule has 5 rings (SSSR count). The number of aryl methyl sites for hydroxylation is 1. The van der Waals surface area contributed by atoms with E-state index < -0.39 is 9.84 Å². The largest absolute Gasteiger partial charge is 0.420 e. The Morgan fingerprint density at radius 3 is 2.44 bits per heavy atom. The van der Waals surface area contributed by atoms with Crippen LogP contribution in [0.1, 0.15) is 36.3 Å². The van der Waals surface area contributed by atoms with Crippen molar-refractivity contribution in [2.75, 3.05) is 18.0 Å². The third-order valence-corrected chi connectivity index (χ3v) is 9.18. The Balaban J connectivity index is 1.50. The summed E-state index contributed by atoms with van der Waals surface area (Å²) < 4.78 is 33.6. The number of oxazole rings is 1. The van der Waals surface area contributed by atoms with Gasteiger partial charge in [0, 0.05) is 19.2 Å². The topological polar surface area (TPSA) is 83.7 Å². The van der Waals surface area contributed by atoms with Gasteiger partial charge in [-0.2, -0.15) is 4.98 Å². The molecule has 36 heavy (non-hydrogen) atoms. The molecule has 2 aliphatic heterocycles. The molecule has 10 heteroatoms. The molecule has 2 fully saturated rings. The number of piperidine rings is 1. The van der Waals surface area contributed by atoms with Crippen LogP contribution in [0.4, 0.5) is 5.88 Å². The van der Waals surface area contributed by atoms with Crippen LogP contribution in [-0.2, 0) is 21.2 Å². The second kappa shape index (κ2) is 10.2. The average molecular weight is 540 g/mol. The molecule has 2 aromatic carbocycles. The number of aromatic nitrogens is 1. The van der Waals surface area contributed by atoms with Gasteiger partial charge in [0.1, 0.15) is 4.32 Å². The number of nitrogens with zero attached hydrogens (tertiary/aromatic N) is 3. The molecule has 2 saturated heterocycles. The summed E-state index contributed by atoms with van der Waals surface area (Å²) in [5.74, 6) is 0.0391. The number of benzene rings is 2. The van der Waals surface area contributed by atoms with Crippen LogP contribution in [0.3, 0.4) is 0 Å². The minimum atomic E-state index is -3.93. The second-order valence-electron chi connectivity index (χ2n) is 8.78. The zero-order chi connectivity index (χ0) is 25.3. The summed E-state index contributed by atoms with van der Waals surface area (Å²) in [6.45, 7) is 3.63. The Bertz CT molecular complexity index is 1420. The molecule has 0 atom stereocenters.